The van der Waals surface area contributed by atoms with Crippen LogP contribution in [0.15, 0.2) is 28.4 Å². The molecule has 0 bridgehead atoms. The van der Waals surface area contributed by atoms with Gasteiger partial charge in [-0.3, -0.25) is 14.4 Å². The fourth-order valence-electron chi connectivity index (χ4n) is 1.40. The normalized spacial score (nSPS) is 9.40. The van der Waals surface area contributed by atoms with Crippen LogP contribution in [0.3, 0.4) is 0 Å². The molecule has 1 rings (SSSR count). The number of anilines is 1. The van der Waals surface area contributed by atoms with Gasteiger partial charge in [-0.2, -0.15) is 0 Å². The quantitative estimate of drug-likeness (QED) is 0.513. The van der Waals surface area contributed by atoms with E-state index in [0.717, 1.165) is 5.06 Å². The molecule has 0 atom stereocenters. The molecule has 0 aliphatic rings. The van der Waals surface area contributed by atoms with Gasteiger partial charge in [-0.05, 0) is 18.2 Å². The molecule has 20 heavy (non-hydrogen) atoms. The molecule has 0 unspecified atom stereocenters. The Hall–Kier alpha value is -2.57. The number of nitrogens with one attached hydrogen (secondary N) is 1. The van der Waals surface area contributed by atoms with E-state index in [0.29, 0.717) is 16.9 Å². The molecule has 0 aromatic heterocycles. The minimum absolute atomic E-state index is 0.247. The molecule has 0 saturated carbocycles. The van der Waals surface area contributed by atoms with Gasteiger partial charge in [-0.15, -0.1) is 0 Å². The van der Waals surface area contributed by atoms with E-state index in [-0.39, 0.29) is 11.8 Å². The zero-order chi connectivity index (χ0) is 15.1. The standard InChI is InChI=1S/C12H15N5O3/c1-8(18)14-10-6-5-9(12(19)17(3)20-4)7-11(10)15-16-13-2/h5-7H,1-4H3/p+1. The Bertz CT molecular complexity index is 578. The smallest absolute Gasteiger partial charge is 0.277 e. The fraction of sp³-hybridized carbons (Fsp3) is 0.333. The molecule has 0 spiro atoms. The first kappa shape index (κ1) is 15.5. The Morgan fingerprint density at radius 3 is 2.65 bits per heavy atom. The first-order valence-corrected chi connectivity index (χ1v) is 5.73. The summed E-state index contributed by atoms with van der Waals surface area (Å²) in [4.78, 5) is 31.4. The van der Waals surface area contributed by atoms with Gasteiger partial charge in [0.05, 0.1) is 12.8 Å². The lowest BCUT2D eigenvalue weighted by Gasteiger charge is -2.13. The van der Waals surface area contributed by atoms with Gasteiger partial charge in [0, 0.05) is 19.5 Å². The molecule has 0 radical (unpaired) electrons. The molecule has 0 fully saturated rings. The van der Waals surface area contributed by atoms with Crippen molar-refractivity contribution in [3.8, 4) is 0 Å². The average Bonchev–Trinajstić information content (AvgIpc) is 2.44. The van der Waals surface area contributed by atoms with Crippen LogP contribution in [0.25, 0.3) is 0 Å². The summed E-state index contributed by atoms with van der Waals surface area (Å²) in [5, 5.41) is 11.0. The van der Waals surface area contributed by atoms with Gasteiger partial charge in [0.1, 0.15) is 12.2 Å². The summed E-state index contributed by atoms with van der Waals surface area (Å²) in [6, 6.07) is 4.63. The minimum Gasteiger partial charge on any atom is -0.324 e. The van der Waals surface area contributed by atoms with E-state index in [1.54, 1.807) is 12.1 Å². The average molecular weight is 278 g/mol. The Morgan fingerprint density at radius 2 is 2.10 bits per heavy atom. The number of nitrogens with zero attached hydrogens (tertiary/aromatic N) is 4. The van der Waals surface area contributed by atoms with Crippen LogP contribution in [0, 0.1) is 0 Å². The van der Waals surface area contributed by atoms with Gasteiger partial charge >= 0.3 is 0 Å². The lowest BCUT2D eigenvalue weighted by molar-refractivity contribution is -0.114. The van der Waals surface area contributed by atoms with Crippen LogP contribution < -0.4 is 10.2 Å². The lowest BCUT2D eigenvalue weighted by Crippen LogP contribution is -2.25. The van der Waals surface area contributed by atoms with E-state index >= 15 is 0 Å². The van der Waals surface area contributed by atoms with E-state index in [2.05, 4.69) is 20.5 Å². The topological polar surface area (TPSA) is 97.5 Å². The van der Waals surface area contributed by atoms with Crippen LogP contribution in [-0.2, 0) is 9.63 Å². The highest BCUT2D eigenvalue weighted by molar-refractivity contribution is 5.97. The Labute approximate surface area is 116 Å². The number of carbonyl (C=O) groups is 2. The molecule has 0 aliphatic carbocycles. The Morgan fingerprint density at radius 1 is 1.40 bits per heavy atom. The second kappa shape index (κ2) is 7.13. The monoisotopic (exact) mass is 278 g/mol. The van der Waals surface area contributed by atoms with E-state index in [1.165, 1.54) is 34.2 Å². The summed E-state index contributed by atoms with van der Waals surface area (Å²) in [6.45, 7) is 1.38. The predicted molar refractivity (Wildman–Crippen MR) is 72.4 cm³/mol. The highest BCUT2D eigenvalue weighted by Crippen LogP contribution is 2.26. The van der Waals surface area contributed by atoms with Crippen LogP contribution in [0.5, 0.6) is 0 Å². The third kappa shape index (κ3) is 3.98. The van der Waals surface area contributed by atoms with Crippen molar-refractivity contribution in [3.63, 3.8) is 0 Å². The summed E-state index contributed by atoms with van der Waals surface area (Å²) in [5.74, 6) is -0.588. The maximum atomic E-state index is 12.0. The molecule has 8 nitrogen and oxygen atoms in total. The Kier molecular flexibility index (Phi) is 5.52. The first-order chi connectivity index (χ1) is 9.49. The van der Waals surface area contributed by atoms with Crippen molar-refractivity contribution < 1.29 is 14.4 Å². The van der Waals surface area contributed by atoms with Crippen LogP contribution >= 0.6 is 0 Å². The number of hydroxylamine groups is 2. The maximum absolute atomic E-state index is 12.0. The van der Waals surface area contributed by atoms with Crippen LogP contribution in [-0.4, -0.2) is 38.1 Å². The third-order valence-electron chi connectivity index (χ3n) is 2.36. The number of hydrogen-bond donors (Lipinski definition) is 1. The largest absolute Gasteiger partial charge is 0.324 e. The fourth-order valence-corrected chi connectivity index (χ4v) is 1.40. The SMILES string of the molecule is CN=[N+]=Nc1cc(C(=O)N(C)OC)ccc1NC(C)=O. The zero-order valence-corrected chi connectivity index (χ0v) is 11.7. The maximum Gasteiger partial charge on any atom is 0.277 e. The van der Waals surface area contributed by atoms with Crippen molar-refractivity contribution in [2.45, 2.75) is 6.92 Å². The molecule has 0 heterocycles. The van der Waals surface area contributed by atoms with Crippen LogP contribution in [0.2, 0.25) is 0 Å². The van der Waals surface area contributed by atoms with Crippen LogP contribution in [0.4, 0.5) is 11.4 Å². The molecule has 2 amide bonds. The van der Waals surface area contributed by atoms with Crippen molar-refractivity contribution in [2.75, 3.05) is 26.5 Å². The zero-order valence-electron chi connectivity index (χ0n) is 11.7. The molecular weight excluding hydrogens is 262 g/mol. The van der Waals surface area contributed by atoms with Gasteiger partial charge in [-0.1, -0.05) is 0 Å². The van der Waals surface area contributed by atoms with E-state index in [4.69, 9.17) is 4.84 Å². The van der Waals surface area contributed by atoms with Crippen molar-refractivity contribution in [2.24, 2.45) is 10.2 Å². The molecule has 1 aromatic carbocycles. The predicted octanol–water partition coefficient (Wildman–Crippen LogP) is 1.51. The van der Waals surface area contributed by atoms with E-state index < -0.39 is 0 Å². The van der Waals surface area contributed by atoms with Gasteiger partial charge in [0.15, 0.2) is 10.8 Å². The molecule has 8 heteroatoms. The van der Waals surface area contributed by atoms with Gasteiger partial charge in [0.25, 0.3) is 5.91 Å². The molecular formula is C12H16N5O3+. The number of hydrogen-bond acceptors (Lipinski definition) is 5. The van der Waals surface area contributed by atoms with Gasteiger partial charge in [0.2, 0.25) is 10.8 Å². The third-order valence-corrected chi connectivity index (χ3v) is 2.36. The molecule has 106 valence electrons. The van der Waals surface area contributed by atoms with Gasteiger partial charge < -0.3 is 5.32 Å². The summed E-state index contributed by atoms with van der Waals surface area (Å²) in [6.07, 6.45) is 0. The lowest BCUT2D eigenvalue weighted by atomic mass is 10.1. The van der Waals surface area contributed by atoms with Crippen molar-refractivity contribution in [1.82, 2.24) is 9.97 Å². The van der Waals surface area contributed by atoms with Crippen molar-refractivity contribution >= 4 is 23.2 Å². The van der Waals surface area contributed by atoms with Crippen LogP contribution in [0.1, 0.15) is 17.3 Å². The van der Waals surface area contributed by atoms with Crippen molar-refractivity contribution in [3.05, 3.63) is 23.8 Å². The number of amides is 2. The summed E-state index contributed by atoms with van der Waals surface area (Å²) in [7, 11) is 4.35. The molecule has 0 aliphatic heterocycles. The summed E-state index contributed by atoms with van der Waals surface area (Å²) in [5.41, 5.74) is 1.14. The second-order valence-corrected chi connectivity index (χ2v) is 3.79. The second-order valence-electron chi connectivity index (χ2n) is 3.79. The highest BCUT2D eigenvalue weighted by atomic mass is 16.7. The minimum atomic E-state index is -0.341. The van der Waals surface area contributed by atoms with Crippen molar-refractivity contribution in [1.29, 1.82) is 0 Å². The number of benzene rings is 1. The Balaban J connectivity index is 3.23. The molecule has 1 aromatic rings. The highest BCUT2D eigenvalue weighted by Gasteiger charge is 2.16. The molecule has 0 saturated heterocycles. The summed E-state index contributed by atoms with van der Waals surface area (Å²) >= 11 is 0. The first-order valence-electron chi connectivity index (χ1n) is 5.73. The van der Waals surface area contributed by atoms with E-state index in [9.17, 15) is 9.59 Å². The summed E-state index contributed by atoms with van der Waals surface area (Å²) < 4.78 is 0. The van der Waals surface area contributed by atoms with E-state index in [1.807, 2.05) is 0 Å². The number of carbonyl (C=O) groups excluding carboxylic acids is 2. The number of rotatable bonds is 4. The molecule has 1 N–H and O–H groups in total. The van der Waals surface area contributed by atoms with Gasteiger partial charge in [-0.25, -0.2) is 5.06 Å².